The predicted molar refractivity (Wildman–Crippen MR) is 61.7 cm³/mol. The Morgan fingerprint density at radius 1 is 1.69 bits per heavy atom. The summed E-state index contributed by atoms with van der Waals surface area (Å²) >= 11 is 0. The van der Waals surface area contributed by atoms with Crippen LogP contribution in [-0.4, -0.2) is 28.6 Å². The first-order valence-electron chi connectivity index (χ1n) is 5.35. The zero-order chi connectivity index (χ0) is 11.7. The van der Waals surface area contributed by atoms with Gasteiger partial charge in [0.1, 0.15) is 11.4 Å². The Balaban J connectivity index is 2.43. The minimum Gasteiger partial charge on any atom is -0.478 e. The number of nitrogens with zero attached hydrogens (tertiary/aromatic N) is 2. The Morgan fingerprint density at radius 2 is 2.44 bits per heavy atom. The van der Waals surface area contributed by atoms with Gasteiger partial charge in [0.15, 0.2) is 0 Å². The molecule has 0 spiro atoms. The molecule has 1 saturated heterocycles. The van der Waals surface area contributed by atoms with E-state index in [0.29, 0.717) is 17.5 Å². The molecule has 1 aromatic heterocycles. The molecule has 16 heavy (non-hydrogen) atoms. The van der Waals surface area contributed by atoms with Crippen molar-refractivity contribution in [1.29, 1.82) is 0 Å². The van der Waals surface area contributed by atoms with Crippen molar-refractivity contribution < 1.29 is 9.90 Å². The van der Waals surface area contributed by atoms with Crippen molar-refractivity contribution in [3.8, 4) is 0 Å². The van der Waals surface area contributed by atoms with Crippen LogP contribution in [0.3, 0.4) is 0 Å². The van der Waals surface area contributed by atoms with Gasteiger partial charge in [-0.3, -0.25) is 0 Å². The first-order chi connectivity index (χ1) is 7.59. The Labute approximate surface area is 93.9 Å². The molecular formula is C11H15N3O2. The average Bonchev–Trinajstić information content (AvgIpc) is 2.64. The number of carbonyl (C=O) groups is 1. The molecule has 1 atom stereocenters. The van der Waals surface area contributed by atoms with Crippen LogP contribution < -0.4 is 10.6 Å². The normalized spacial score (nSPS) is 20.1. The summed E-state index contributed by atoms with van der Waals surface area (Å²) in [6, 6.07) is 1.81. The van der Waals surface area contributed by atoms with Gasteiger partial charge in [0, 0.05) is 12.6 Å². The zero-order valence-corrected chi connectivity index (χ0v) is 9.18. The van der Waals surface area contributed by atoms with Gasteiger partial charge in [-0.2, -0.15) is 0 Å². The lowest BCUT2D eigenvalue weighted by molar-refractivity contribution is 0.0697. The van der Waals surface area contributed by atoms with Gasteiger partial charge in [-0.1, -0.05) is 0 Å². The molecule has 0 bridgehead atoms. The highest BCUT2D eigenvalue weighted by atomic mass is 16.4. The molecule has 3 N–H and O–H groups in total. The summed E-state index contributed by atoms with van der Waals surface area (Å²) in [6.07, 6.45) is 3.66. The second-order valence-corrected chi connectivity index (χ2v) is 4.13. The SMILES string of the molecule is CC1CCCN1c1ncc(N)cc1C(=O)O. The second-order valence-electron chi connectivity index (χ2n) is 4.13. The molecule has 1 aliphatic heterocycles. The quantitative estimate of drug-likeness (QED) is 0.788. The van der Waals surface area contributed by atoms with Gasteiger partial charge >= 0.3 is 5.97 Å². The van der Waals surface area contributed by atoms with Crippen molar-refractivity contribution in [2.24, 2.45) is 0 Å². The molecular weight excluding hydrogens is 206 g/mol. The molecule has 0 aliphatic carbocycles. The molecule has 1 unspecified atom stereocenters. The van der Waals surface area contributed by atoms with Gasteiger partial charge in [-0.25, -0.2) is 9.78 Å². The predicted octanol–water partition coefficient (Wildman–Crippen LogP) is 1.35. The van der Waals surface area contributed by atoms with Crippen LogP contribution in [0.15, 0.2) is 12.3 Å². The van der Waals surface area contributed by atoms with Crippen LogP contribution in [0.5, 0.6) is 0 Å². The summed E-state index contributed by atoms with van der Waals surface area (Å²) in [4.78, 5) is 17.3. The van der Waals surface area contributed by atoms with Crippen LogP contribution in [0.2, 0.25) is 0 Å². The summed E-state index contributed by atoms with van der Waals surface area (Å²) in [5.74, 6) is -0.444. The number of carboxylic acids is 1. The molecule has 0 amide bonds. The van der Waals surface area contributed by atoms with Crippen LogP contribution in [0.25, 0.3) is 0 Å². The molecule has 1 aliphatic rings. The average molecular weight is 221 g/mol. The minimum absolute atomic E-state index is 0.189. The fourth-order valence-electron chi connectivity index (χ4n) is 2.11. The first-order valence-corrected chi connectivity index (χ1v) is 5.35. The molecule has 0 saturated carbocycles. The molecule has 5 nitrogen and oxygen atoms in total. The maximum atomic E-state index is 11.1. The smallest absolute Gasteiger partial charge is 0.339 e. The van der Waals surface area contributed by atoms with Crippen molar-refractivity contribution in [2.45, 2.75) is 25.8 Å². The third-order valence-corrected chi connectivity index (χ3v) is 2.94. The van der Waals surface area contributed by atoms with E-state index in [4.69, 9.17) is 10.8 Å². The van der Waals surface area contributed by atoms with E-state index in [1.807, 2.05) is 4.90 Å². The fourth-order valence-corrected chi connectivity index (χ4v) is 2.11. The monoisotopic (exact) mass is 221 g/mol. The van der Waals surface area contributed by atoms with E-state index in [2.05, 4.69) is 11.9 Å². The van der Waals surface area contributed by atoms with E-state index in [9.17, 15) is 4.79 Å². The van der Waals surface area contributed by atoms with E-state index in [1.165, 1.54) is 12.3 Å². The molecule has 1 aromatic rings. The van der Waals surface area contributed by atoms with Gasteiger partial charge in [-0.15, -0.1) is 0 Å². The topological polar surface area (TPSA) is 79.5 Å². The Kier molecular flexibility index (Phi) is 2.68. The van der Waals surface area contributed by atoms with Gasteiger partial charge in [-0.05, 0) is 25.8 Å². The number of hydrogen-bond acceptors (Lipinski definition) is 4. The standard InChI is InChI=1S/C11H15N3O2/c1-7-3-2-4-14(7)10-9(11(15)16)5-8(12)6-13-10/h5-7H,2-4,12H2,1H3,(H,15,16). The van der Waals surface area contributed by atoms with Crippen LogP contribution in [0.4, 0.5) is 11.5 Å². The lowest BCUT2D eigenvalue weighted by atomic mass is 10.2. The third kappa shape index (κ3) is 1.80. The molecule has 2 heterocycles. The highest BCUT2D eigenvalue weighted by Gasteiger charge is 2.25. The van der Waals surface area contributed by atoms with Crippen LogP contribution in [0.1, 0.15) is 30.1 Å². The van der Waals surface area contributed by atoms with Crippen molar-refractivity contribution in [3.05, 3.63) is 17.8 Å². The summed E-state index contributed by atoms with van der Waals surface area (Å²) in [7, 11) is 0. The lowest BCUT2D eigenvalue weighted by Crippen LogP contribution is -2.29. The molecule has 2 rings (SSSR count). The first kappa shape index (κ1) is 10.7. The molecule has 0 aromatic carbocycles. The van der Waals surface area contributed by atoms with Crippen LogP contribution in [-0.2, 0) is 0 Å². The summed E-state index contributed by atoms with van der Waals surface area (Å²) in [6.45, 7) is 2.94. The molecule has 0 radical (unpaired) electrons. The van der Waals surface area contributed by atoms with E-state index in [0.717, 1.165) is 19.4 Å². The van der Waals surface area contributed by atoms with Crippen LogP contribution >= 0.6 is 0 Å². The van der Waals surface area contributed by atoms with Gasteiger partial charge in [0.05, 0.1) is 11.9 Å². The lowest BCUT2D eigenvalue weighted by Gasteiger charge is -2.24. The van der Waals surface area contributed by atoms with Crippen molar-refractivity contribution in [3.63, 3.8) is 0 Å². The van der Waals surface area contributed by atoms with Gasteiger partial charge in [0.25, 0.3) is 0 Å². The Morgan fingerprint density at radius 3 is 3.00 bits per heavy atom. The number of nitrogens with two attached hydrogens (primary N) is 1. The van der Waals surface area contributed by atoms with E-state index in [1.54, 1.807) is 0 Å². The van der Waals surface area contributed by atoms with Crippen LogP contribution in [0, 0.1) is 0 Å². The van der Waals surface area contributed by atoms with Crippen molar-refractivity contribution in [2.75, 3.05) is 17.2 Å². The molecule has 5 heteroatoms. The van der Waals surface area contributed by atoms with E-state index >= 15 is 0 Å². The summed E-state index contributed by atoms with van der Waals surface area (Å²) < 4.78 is 0. The number of pyridine rings is 1. The number of carboxylic acid groups (broad SMARTS) is 1. The maximum Gasteiger partial charge on any atom is 0.339 e. The second kappa shape index (κ2) is 4.00. The zero-order valence-electron chi connectivity index (χ0n) is 9.18. The number of rotatable bonds is 2. The van der Waals surface area contributed by atoms with Crippen molar-refractivity contribution >= 4 is 17.5 Å². The fraction of sp³-hybridized carbons (Fsp3) is 0.455. The molecule has 1 fully saturated rings. The number of hydrogen-bond donors (Lipinski definition) is 2. The molecule has 86 valence electrons. The Bertz CT molecular complexity index is 420. The largest absolute Gasteiger partial charge is 0.478 e. The highest BCUT2D eigenvalue weighted by Crippen LogP contribution is 2.27. The third-order valence-electron chi connectivity index (χ3n) is 2.94. The summed E-state index contributed by atoms with van der Waals surface area (Å²) in [5.41, 5.74) is 6.13. The number of aromatic nitrogens is 1. The number of aromatic carboxylic acids is 1. The highest BCUT2D eigenvalue weighted by molar-refractivity contribution is 5.94. The van der Waals surface area contributed by atoms with E-state index < -0.39 is 5.97 Å². The maximum absolute atomic E-state index is 11.1. The number of nitrogen functional groups attached to an aromatic ring is 1. The van der Waals surface area contributed by atoms with Gasteiger partial charge in [0.2, 0.25) is 0 Å². The number of anilines is 2. The minimum atomic E-state index is -0.978. The van der Waals surface area contributed by atoms with Crippen molar-refractivity contribution in [1.82, 2.24) is 4.98 Å². The van der Waals surface area contributed by atoms with Gasteiger partial charge < -0.3 is 15.7 Å². The van der Waals surface area contributed by atoms with E-state index in [-0.39, 0.29) is 5.56 Å². The Hall–Kier alpha value is -1.78. The summed E-state index contributed by atoms with van der Waals surface area (Å²) in [5, 5.41) is 9.11.